The van der Waals surface area contributed by atoms with E-state index in [4.69, 9.17) is 0 Å². The van der Waals surface area contributed by atoms with Gasteiger partial charge in [0, 0.05) is 50.8 Å². The highest BCUT2D eigenvalue weighted by molar-refractivity contribution is 4.89. The van der Waals surface area contributed by atoms with Gasteiger partial charge in [0.05, 0.1) is 0 Å². The van der Waals surface area contributed by atoms with Crippen LogP contribution in [0.1, 0.15) is 53.9 Å². The Hall–Kier alpha value is -0.120. The van der Waals surface area contributed by atoms with E-state index in [0.717, 1.165) is 6.04 Å². The van der Waals surface area contributed by atoms with Gasteiger partial charge in [-0.2, -0.15) is 0 Å². The van der Waals surface area contributed by atoms with Crippen LogP contribution in [0.3, 0.4) is 0 Å². The lowest BCUT2D eigenvalue weighted by Gasteiger charge is -2.44. The van der Waals surface area contributed by atoms with Crippen molar-refractivity contribution in [2.75, 3.05) is 39.3 Å². The molecule has 2 rings (SSSR count). The SMILES string of the molecule is CCC(C)(CNC1CC1)CN1CCN(C(C)(C)C)CC1. The first kappa shape index (κ1) is 16.3. The Morgan fingerprint density at radius 1 is 1.00 bits per heavy atom. The molecule has 1 saturated carbocycles. The predicted molar refractivity (Wildman–Crippen MR) is 87.2 cm³/mol. The molecule has 1 atom stereocenters. The summed E-state index contributed by atoms with van der Waals surface area (Å²) in [6.07, 6.45) is 4.06. The third-order valence-electron chi connectivity index (χ3n) is 5.17. The zero-order valence-electron chi connectivity index (χ0n) is 14.3. The molecule has 2 fully saturated rings. The second kappa shape index (κ2) is 6.33. The average Bonchev–Trinajstić information content (AvgIpc) is 3.20. The van der Waals surface area contributed by atoms with Crippen LogP contribution in [0.2, 0.25) is 0 Å². The lowest BCUT2D eigenvalue weighted by Crippen LogP contribution is -2.55. The molecule has 1 saturated heterocycles. The second-order valence-corrected chi connectivity index (χ2v) is 8.25. The third-order valence-corrected chi connectivity index (χ3v) is 5.17. The molecule has 0 aromatic rings. The van der Waals surface area contributed by atoms with Crippen LogP contribution in [0.15, 0.2) is 0 Å². The van der Waals surface area contributed by atoms with E-state index in [1.165, 1.54) is 58.5 Å². The van der Waals surface area contributed by atoms with Crippen molar-refractivity contribution in [1.82, 2.24) is 15.1 Å². The summed E-state index contributed by atoms with van der Waals surface area (Å²) in [5, 5.41) is 3.73. The quantitative estimate of drug-likeness (QED) is 0.807. The molecular formula is C17H35N3. The van der Waals surface area contributed by atoms with E-state index in [-0.39, 0.29) is 0 Å². The zero-order chi connectivity index (χ0) is 14.8. The molecule has 0 amide bonds. The van der Waals surface area contributed by atoms with Gasteiger partial charge in [-0.15, -0.1) is 0 Å². The molecule has 0 spiro atoms. The summed E-state index contributed by atoms with van der Waals surface area (Å²) in [5.74, 6) is 0. The Bertz CT molecular complexity index is 298. The fraction of sp³-hybridized carbons (Fsp3) is 1.00. The van der Waals surface area contributed by atoms with Crippen molar-refractivity contribution in [2.45, 2.75) is 65.5 Å². The molecule has 3 heteroatoms. The maximum atomic E-state index is 3.73. The largest absolute Gasteiger partial charge is 0.313 e. The predicted octanol–water partition coefficient (Wildman–Crippen LogP) is 2.57. The molecule has 1 aliphatic heterocycles. The van der Waals surface area contributed by atoms with Crippen LogP contribution < -0.4 is 5.32 Å². The van der Waals surface area contributed by atoms with Gasteiger partial charge in [0.2, 0.25) is 0 Å². The van der Waals surface area contributed by atoms with Crippen LogP contribution in [0.4, 0.5) is 0 Å². The Morgan fingerprint density at radius 2 is 1.60 bits per heavy atom. The molecule has 0 aromatic carbocycles. The van der Waals surface area contributed by atoms with Gasteiger partial charge in [0.1, 0.15) is 0 Å². The minimum absolute atomic E-state index is 0.327. The molecule has 0 radical (unpaired) electrons. The Labute approximate surface area is 126 Å². The number of rotatable bonds is 6. The Balaban J connectivity index is 1.77. The summed E-state index contributed by atoms with van der Waals surface area (Å²) in [7, 11) is 0. The molecule has 118 valence electrons. The molecular weight excluding hydrogens is 246 g/mol. The topological polar surface area (TPSA) is 18.5 Å². The molecule has 2 aliphatic rings. The van der Waals surface area contributed by atoms with Crippen molar-refractivity contribution < 1.29 is 0 Å². The summed E-state index contributed by atoms with van der Waals surface area (Å²) in [5.41, 5.74) is 0.764. The van der Waals surface area contributed by atoms with Crippen molar-refractivity contribution in [2.24, 2.45) is 5.41 Å². The molecule has 20 heavy (non-hydrogen) atoms. The summed E-state index contributed by atoms with van der Waals surface area (Å²) < 4.78 is 0. The maximum absolute atomic E-state index is 3.73. The van der Waals surface area contributed by atoms with Crippen molar-refractivity contribution >= 4 is 0 Å². The van der Waals surface area contributed by atoms with Gasteiger partial charge in [-0.1, -0.05) is 13.8 Å². The highest BCUT2D eigenvalue weighted by Crippen LogP contribution is 2.26. The Kier molecular flexibility index (Phi) is 5.14. The zero-order valence-corrected chi connectivity index (χ0v) is 14.3. The van der Waals surface area contributed by atoms with E-state index in [0.29, 0.717) is 11.0 Å². The van der Waals surface area contributed by atoms with Crippen LogP contribution in [-0.2, 0) is 0 Å². The van der Waals surface area contributed by atoms with E-state index < -0.39 is 0 Å². The van der Waals surface area contributed by atoms with E-state index >= 15 is 0 Å². The van der Waals surface area contributed by atoms with Crippen LogP contribution >= 0.6 is 0 Å². The standard InChI is InChI=1S/C17H35N3/c1-6-17(5,13-18-15-7-8-15)14-19-9-11-20(12-10-19)16(2,3)4/h15,18H,6-14H2,1-5H3. The number of hydrogen-bond donors (Lipinski definition) is 1. The molecule has 0 bridgehead atoms. The van der Waals surface area contributed by atoms with Crippen LogP contribution in [0.25, 0.3) is 0 Å². The molecule has 3 nitrogen and oxygen atoms in total. The minimum atomic E-state index is 0.327. The molecule has 0 aromatic heterocycles. The minimum Gasteiger partial charge on any atom is -0.313 e. The monoisotopic (exact) mass is 281 g/mol. The van der Waals surface area contributed by atoms with E-state index in [9.17, 15) is 0 Å². The van der Waals surface area contributed by atoms with Crippen LogP contribution in [0.5, 0.6) is 0 Å². The first-order valence-corrected chi connectivity index (χ1v) is 8.53. The highest BCUT2D eigenvalue weighted by Gasteiger charge is 2.31. The summed E-state index contributed by atoms with van der Waals surface area (Å²) in [4.78, 5) is 5.30. The highest BCUT2D eigenvalue weighted by atomic mass is 15.3. The van der Waals surface area contributed by atoms with E-state index in [1.54, 1.807) is 0 Å². The van der Waals surface area contributed by atoms with Crippen molar-refractivity contribution in [3.05, 3.63) is 0 Å². The maximum Gasteiger partial charge on any atom is 0.0126 e. The summed E-state index contributed by atoms with van der Waals surface area (Å²) >= 11 is 0. The first-order chi connectivity index (χ1) is 9.32. The first-order valence-electron chi connectivity index (χ1n) is 8.53. The van der Waals surface area contributed by atoms with Gasteiger partial charge in [0.25, 0.3) is 0 Å². The smallest absolute Gasteiger partial charge is 0.0126 e. The van der Waals surface area contributed by atoms with Crippen molar-refractivity contribution in [3.63, 3.8) is 0 Å². The lowest BCUT2D eigenvalue weighted by atomic mass is 9.86. The number of nitrogens with one attached hydrogen (secondary N) is 1. The van der Waals surface area contributed by atoms with Gasteiger partial charge in [-0.25, -0.2) is 0 Å². The van der Waals surface area contributed by atoms with Gasteiger partial charge < -0.3 is 10.2 Å². The van der Waals surface area contributed by atoms with Crippen molar-refractivity contribution in [3.8, 4) is 0 Å². The fourth-order valence-electron chi connectivity index (χ4n) is 3.09. The van der Waals surface area contributed by atoms with Crippen LogP contribution in [0, 0.1) is 5.41 Å². The Morgan fingerprint density at radius 3 is 2.05 bits per heavy atom. The van der Waals surface area contributed by atoms with E-state index in [2.05, 4.69) is 49.7 Å². The molecule has 1 unspecified atom stereocenters. The van der Waals surface area contributed by atoms with Gasteiger partial charge in [-0.05, 0) is 45.4 Å². The van der Waals surface area contributed by atoms with Crippen LogP contribution in [-0.4, -0.2) is 60.6 Å². The van der Waals surface area contributed by atoms with Gasteiger partial charge in [-0.3, -0.25) is 4.90 Å². The van der Waals surface area contributed by atoms with Gasteiger partial charge in [0.15, 0.2) is 0 Å². The molecule has 1 aliphatic carbocycles. The normalized spacial score (nSPS) is 25.6. The summed E-state index contributed by atoms with van der Waals surface area (Å²) in [6.45, 7) is 19.1. The third kappa shape index (κ3) is 4.71. The number of piperazine rings is 1. The molecule has 1 N–H and O–H groups in total. The number of hydrogen-bond acceptors (Lipinski definition) is 3. The average molecular weight is 281 g/mol. The fourth-order valence-corrected chi connectivity index (χ4v) is 3.09. The lowest BCUT2D eigenvalue weighted by molar-refractivity contribution is 0.0415. The molecule has 1 heterocycles. The van der Waals surface area contributed by atoms with Crippen molar-refractivity contribution in [1.29, 1.82) is 0 Å². The summed E-state index contributed by atoms with van der Waals surface area (Å²) in [6, 6.07) is 0.832. The second-order valence-electron chi connectivity index (χ2n) is 8.25. The van der Waals surface area contributed by atoms with Gasteiger partial charge >= 0.3 is 0 Å². The number of nitrogens with zero attached hydrogens (tertiary/aromatic N) is 2. The van der Waals surface area contributed by atoms with E-state index in [1.807, 2.05) is 0 Å².